The molecule has 0 bridgehead atoms. The van der Waals surface area contributed by atoms with Gasteiger partial charge in [-0.1, -0.05) is 35.9 Å². The minimum Gasteiger partial charge on any atom is -0.306 e. The van der Waals surface area contributed by atoms with Crippen LogP contribution in [0.4, 0.5) is 5.82 Å². The molecular formula is C18H12ClN5O. The number of carbonyl (C=O) groups excluding carboxylic acids is 1. The summed E-state index contributed by atoms with van der Waals surface area (Å²) in [4.78, 5) is 16.4. The van der Waals surface area contributed by atoms with Crippen LogP contribution in [0, 0.1) is 11.3 Å². The number of aromatic nitrogens is 3. The van der Waals surface area contributed by atoms with Crippen LogP contribution in [0.15, 0.2) is 60.9 Å². The minimum absolute atomic E-state index is 0.241. The number of nitrogens with one attached hydrogen (secondary N) is 1. The van der Waals surface area contributed by atoms with Gasteiger partial charge in [0.2, 0.25) is 5.91 Å². The van der Waals surface area contributed by atoms with Gasteiger partial charge < -0.3 is 5.32 Å². The van der Waals surface area contributed by atoms with Crippen LogP contribution in [-0.2, 0) is 4.79 Å². The third-order valence-corrected chi connectivity index (χ3v) is 3.66. The maximum absolute atomic E-state index is 12.2. The number of nitriles is 1. The maximum atomic E-state index is 12.2. The fourth-order valence-electron chi connectivity index (χ4n) is 2.14. The molecule has 122 valence electrons. The van der Waals surface area contributed by atoms with Crippen LogP contribution in [-0.4, -0.2) is 20.7 Å². The Kier molecular flexibility index (Phi) is 4.88. The van der Waals surface area contributed by atoms with E-state index >= 15 is 0 Å². The zero-order chi connectivity index (χ0) is 17.6. The quantitative estimate of drug-likeness (QED) is 0.731. The second-order valence-corrected chi connectivity index (χ2v) is 5.37. The van der Waals surface area contributed by atoms with Crippen molar-refractivity contribution in [3.8, 4) is 11.9 Å². The van der Waals surface area contributed by atoms with Crippen LogP contribution in [0.2, 0.25) is 5.02 Å². The molecule has 7 heteroatoms. The van der Waals surface area contributed by atoms with Gasteiger partial charge in [-0.3, -0.25) is 4.79 Å². The first-order valence-corrected chi connectivity index (χ1v) is 7.70. The van der Waals surface area contributed by atoms with Crippen LogP contribution in [0.5, 0.6) is 0 Å². The molecule has 6 nitrogen and oxygen atoms in total. The molecule has 0 saturated carbocycles. The highest BCUT2D eigenvalue weighted by atomic mass is 35.5. The van der Waals surface area contributed by atoms with Gasteiger partial charge in [0.05, 0.1) is 6.20 Å². The summed E-state index contributed by atoms with van der Waals surface area (Å²) in [6.07, 6.45) is 5.93. The number of halogens is 1. The summed E-state index contributed by atoms with van der Waals surface area (Å²) in [7, 11) is 0. The van der Waals surface area contributed by atoms with E-state index in [4.69, 9.17) is 11.6 Å². The number of benzene rings is 1. The van der Waals surface area contributed by atoms with Gasteiger partial charge in [-0.05, 0) is 29.8 Å². The van der Waals surface area contributed by atoms with Gasteiger partial charge in [0.1, 0.15) is 11.6 Å². The lowest BCUT2D eigenvalue weighted by Crippen LogP contribution is -2.13. The highest BCUT2D eigenvalue weighted by Gasteiger charge is 2.14. The standard InChI is InChI=1S/C18H12ClN5O/c19-15-6-2-1-5-13(15)8-9-17(25)23-18-14(11-20)12-22-24(18)16-7-3-4-10-21-16/h1-10,12H,(H,23,25)/b9-8+. The van der Waals surface area contributed by atoms with E-state index in [0.717, 1.165) is 5.56 Å². The molecule has 0 spiro atoms. The summed E-state index contributed by atoms with van der Waals surface area (Å²) in [5.41, 5.74) is 0.961. The molecule has 0 aliphatic carbocycles. The van der Waals surface area contributed by atoms with E-state index < -0.39 is 5.91 Å². The van der Waals surface area contributed by atoms with Crippen molar-refractivity contribution >= 4 is 29.4 Å². The van der Waals surface area contributed by atoms with E-state index in [1.54, 1.807) is 42.6 Å². The predicted octanol–water partition coefficient (Wildman–Crippen LogP) is 3.44. The van der Waals surface area contributed by atoms with E-state index in [1.807, 2.05) is 18.2 Å². The number of amides is 1. The molecule has 1 aromatic carbocycles. The number of anilines is 1. The highest BCUT2D eigenvalue weighted by Crippen LogP contribution is 2.19. The Balaban J connectivity index is 1.85. The summed E-state index contributed by atoms with van der Waals surface area (Å²) >= 11 is 6.05. The van der Waals surface area contributed by atoms with E-state index in [-0.39, 0.29) is 11.4 Å². The fourth-order valence-corrected chi connectivity index (χ4v) is 2.34. The highest BCUT2D eigenvalue weighted by molar-refractivity contribution is 6.32. The Morgan fingerprint density at radius 3 is 2.76 bits per heavy atom. The SMILES string of the molecule is N#Cc1cnn(-c2ccccn2)c1NC(=O)/C=C/c1ccccc1Cl. The van der Waals surface area contributed by atoms with Crippen molar-refractivity contribution in [2.24, 2.45) is 0 Å². The number of rotatable bonds is 4. The fraction of sp³-hybridized carbons (Fsp3) is 0. The maximum Gasteiger partial charge on any atom is 0.249 e. The molecule has 0 aliphatic rings. The molecule has 2 heterocycles. The molecule has 1 N–H and O–H groups in total. The Hall–Kier alpha value is -3.43. The van der Waals surface area contributed by atoms with Crippen molar-refractivity contribution < 1.29 is 4.79 Å². The van der Waals surface area contributed by atoms with Crippen molar-refractivity contribution in [3.05, 3.63) is 77.1 Å². The van der Waals surface area contributed by atoms with Crippen LogP contribution in [0.1, 0.15) is 11.1 Å². The van der Waals surface area contributed by atoms with Crippen LogP contribution >= 0.6 is 11.6 Å². The largest absolute Gasteiger partial charge is 0.306 e. The van der Waals surface area contributed by atoms with Crippen molar-refractivity contribution in [2.45, 2.75) is 0 Å². The first-order valence-electron chi connectivity index (χ1n) is 7.32. The lowest BCUT2D eigenvalue weighted by Gasteiger charge is -2.07. The van der Waals surface area contributed by atoms with Crippen molar-refractivity contribution in [2.75, 3.05) is 5.32 Å². The van der Waals surface area contributed by atoms with Crippen molar-refractivity contribution in [1.82, 2.24) is 14.8 Å². The summed E-state index contributed by atoms with van der Waals surface area (Å²) in [5.74, 6) is 0.346. The number of hydrogen-bond acceptors (Lipinski definition) is 4. The van der Waals surface area contributed by atoms with Gasteiger partial charge in [0, 0.05) is 17.3 Å². The van der Waals surface area contributed by atoms with Crippen LogP contribution < -0.4 is 5.32 Å². The summed E-state index contributed by atoms with van der Waals surface area (Å²) < 4.78 is 1.40. The molecule has 0 atom stereocenters. The number of nitrogens with zero attached hydrogens (tertiary/aromatic N) is 4. The summed E-state index contributed by atoms with van der Waals surface area (Å²) in [6.45, 7) is 0. The van der Waals surface area contributed by atoms with Gasteiger partial charge in [0.15, 0.2) is 11.6 Å². The van der Waals surface area contributed by atoms with Gasteiger partial charge in [-0.25, -0.2) is 4.98 Å². The van der Waals surface area contributed by atoms with Crippen molar-refractivity contribution in [1.29, 1.82) is 5.26 Å². The van der Waals surface area contributed by atoms with Gasteiger partial charge >= 0.3 is 0 Å². The van der Waals surface area contributed by atoms with E-state index in [0.29, 0.717) is 10.8 Å². The summed E-state index contributed by atoms with van der Waals surface area (Å²) in [6, 6.07) is 14.5. The number of pyridine rings is 1. The second-order valence-electron chi connectivity index (χ2n) is 4.96. The molecular weight excluding hydrogens is 338 g/mol. The molecule has 1 amide bonds. The Morgan fingerprint density at radius 2 is 2.04 bits per heavy atom. The predicted molar refractivity (Wildman–Crippen MR) is 95.2 cm³/mol. The zero-order valence-corrected chi connectivity index (χ0v) is 13.7. The lowest BCUT2D eigenvalue weighted by atomic mass is 10.2. The number of carbonyl (C=O) groups is 1. The second kappa shape index (κ2) is 7.43. The molecule has 3 rings (SSSR count). The molecule has 0 fully saturated rings. The first-order chi connectivity index (χ1) is 12.2. The van der Waals surface area contributed by atoms with Gasteiger partial charge in [0.25, 0.3) is 0 Å². The Morgan fingerprint density at radius 1 is 1.24 bits per heavy atom. The monoisotopic (exact) mass is 349 g/mol. The van der Waals surface area contributed by atoms with Crippen LogP contribution in [0.25, 0.3) is 11.9 Å². The molecule has 0 radical (unpaired) electrons. The van der Waals surface area contributed by atoms with Gasteiger partial charge in [-0.2, -0.15) is 15.0 Å². The average Bonchev–Trinajstić information content (AvgIpc) is 3.04. The Bertz CT molecular complexity index is 973. The van der Waals surface area contributed by atoms with E-state index in [9.17, 15) is 10.1 Å². The van der Waals surface area contributed by atoms with Crippen LogP contribution in [0.3, 0.4) is 0 Å². The normalized spacial score (nSPS) is 10.6. The molecule has 2 aromatic heterocycles. The van der Waals surface area contributed by atoms with E-state index in [1.165, 1.54) is 17.0 Å². The minimum atomic E-state index is -0.408. The van der Waals surface area contributed by atoms with E-state index in [2.05, 4.69) is 15.4 Å². The molecule has 25 heavy (non-hydrogen) atoms. The van der Waals surface area contributed by atoms with Gasteiger partial charge in [-0.15, -0.1) is 0 Å². The molecule has 0 aliphatic heterocycles. The third kappa shape index (κ3) is 3.74. The molecule has 0 saturated heterocycles. The topological polar surface area (TPSA) is 83.6 Å². The Labute approximate surface area is 149 Å². The average molecular weight is 350 g/mol. The van der Waals surface area contributed by atoms with Crippen molar-refractivity contribution in [3.63, 3.8) is 0 Å². The number of hydrogen-bond donors (Lipinski definition) is 1. The first kappa shape index (κ1) is 16.4. The summed E-state index contributed by atoms with van der Waals surface area (Å²) in [5, 5.41) is 16.6. The third-order valence-electron chi connectivity index (χ3n) is 3.32. The smallest absolute Gasteiger partial charge is 0.249 e. The lowest BCUT2D eigenvalue weighted by molar-refractivity contribution is -0.111. The zero-order valence-electron chi connectivity index (χ0n) is 12.9. The molecule has 0 unspecified atom stereocenters. The molecule has 3 aromatic rings.